The van der Waals surface area contributed by atoms with E-state index in [-0.39, 0.29) is 5.41 Å². The molecule has 8 aromatic carbocycles. The van der Waals surface area contributed by atoms with Gasteiger partial charge in [0.2, 0.25) is 0 Å². The maximum atomic E-state index is 6.47. The Morgan fingerprint density at radius 1 is 0.408 bits per heavy atom. The number of hydrogen-bond acceptors (Lipinski definition) is 1. The minimum Gasteiger partial charge on any atom is -0.455 e. The summed E-state index contributed by atoms with van der Waals surface area (Å²) in [5, 5.41) is 4.72. The van der Waals surface area contributed by atoms with Crippen molar-refractivity contribution in [2.75, 3.05) is 0 Å². The van der Waals surface area contributed by atoms with Gasteiger partial charge in [-0.25, -0.2) is 0 Å². The van der Waals surface area contributed by atoms with Crippen molar-refractivity contribution in [3.63, 3.8) is 0 Å². The lowest BCUT2D eigenvalue weighted by Gasteiger charge is -2.30. The van der Waals surface area contributed by atoms with E-state index in [0.29, 0.717) is 0 Å². The van der Waals surface area contributed by atoms with Crippen LogP contribution in [0.3, 0.4) is 0 Å². The standard InChI is InChI=1S/C48H30O/c1-29-12-10-23-44-45(29)39-28-38(33-13-2-3-16-36(33)47(39)49-44)31-26-24-30(25-27-31)32-18-11-22-43-46(32)37-17-6-9-21-42(37)48(43)40-19-7-4-14-34(40)35-15-5-8-20-41(35)48/h2-28H,1H3. The molecular formula is C48H30O. The minimum absolute atomic E-state index is 0.338. The summed E-state index contributed by atoms with van der Waals surface area (Å²) in [6.45, 7) is 2.17. The Hall–Kier alpha value is -6.18. The third kappa shape index (κ3) is 3.39. The van der Waals surface area contributed by atoms with E-state index in [0.717, 1.165) is 16.6 Å². The lowest BCUT2D eigenvalue weighted by molar-refractivity contribution is 0.672. The fourth-order valence-corrected chi connectivity index (χ4v) is 9.28. The number of aryl methyl sites for hydroxylation is 1. The number of furan rings is 1. The Morgan fingerprint density at radius 2 is 0.939 bits per heavy atom. The van der Waals surface area contributed by atoms with Crippen LogP contribution in [0.5, 0.6) is 0 Å². The molecule has 0 fully saturated rings. The van der Waals surface area contributed by atoms with Gasteiger partial charge in [0, 0.05) is 16.2 Å². The van der Waals surface area contributed by atoms with Crippen LogP contribution in [-0.4, -0.2) is 0 Å². The Labute approximate surface area is 284 Å². The molecule has 49 heavy (non-hydrogen) atoms. The fraction of sp³-hybridized carbons (Fsp3) is 0.0417. The largest absolute Gasteiger partial charge is 0.455 e. The molecular weight excluding hydrogens is 593 g/mol. The first-order valence-electron chi connectivity index (χ1n) is 17.1. The van der Waals surface area contributed by atoms with Crippen LogP contribution in [0.15, 0.2) is 168 Å². The van der Waals surface area contributed by atoms with Crippen molar-refractivity contribution in [1.82, 2.24) is 0 Å². The van der Waals surface area contributed by atoms with Gasteiger partial charge in [-0.15, -0.1) is 0 Å². The molecule has 0 radical (unpaired) electrons. The molecule has 0 saturated heterocycles. The highest BCUT2D eigenvalue weighted by molar-refractivity contribution is 6.19. The van der Waals surface area contributed by atoms with Crippen molar-refractivity contribution in [3.05, 3.63) is 192 Å². The Bertz CT molecular complexity index is 2780. The molecule has 0 bridgehead atoms. The van der Waals surface area contributed by atoms with Crippen molar-refractivity contribution in [2.24, 2.45) is 0 Å². The molecule has 1 heterocycles. The van der Waals surface area contributed by atoms with Crippen LogP contribution in [-0.2, 0) is 5.41 Å². The summed E-state index contributed by atoms with van der Waals surface area (Å²) in [5.74, 6) is 0. The molecule has 0 atom stereocenters. The van der Waals surface area contributed by atoms with E-state index in [4.69, 9.17) is 4.42 Å². The van der Waals surface area contributed by atoms with Crippen molar-refractivity contribution in [3.8, 4) is 44.5 Å². The molecule has 0 aliphatic heterocycles. The first-order chi connectivity index (χ1) is 24.2. The highest BCUT2D eigenvalue weighted by Gasteiger charge is 2.51. The molecule has 0 N–H and O–H groups in total. The molecule has 9 aromatic rings. The second-order valence-corrected chi connectivity index (χ2v) is 13.6. The van der Waals surface area contributed by atoms with Crippen LogP contribution >= 0.6 is 0 Å². The van der Waals surface area contributed by atoms with Gasteiger partial charge in [0.15, 0.2) is 0 Å². The first-order valence-corrected chi connectivity index (χ1v) is 17.1. The van der Waals surface area contributed by atoms with Gasteiger partial charge in [-0.2, -0.15) is 0 Å². The van der Waals surface area contributed by atoms with Crippen LogP contribution < -0.4 is 0 Å². The molecule has 11 rings (SSSR count). The Kier molecular flexibility index (Phi) is 5.31. The summed E-state index contributed by atoms with van der Waals surface area (Å²) in [7, 11) is 0. The quantitative estimate of drug-likeness (QED) is 0.187. The van der Waals surface area contributed by atoms with E-state index in [1.54, 1.807) is 0 Å². The van der Waals surface area contributed by atoms with Gasteiger partial charge in [0.05, 0.1) is 5.41 Å². The van der Waals surface area contributed by atoms with Gasteiger partial charge >= 0.3 is 0 Å². The first kappa shape index (κ1) is 26.8. The van der Waals surface area contributed by atoms with E-state index >= 15 is 0 Å². The van der Waals surface area contributed by atoms with E-state index in [2.05, 4.69) is 171 Å². The highest BCUT2D eigenvalue weighted by atomic mass is 16.3. The van der Waals surface area contributed by atoms with E-state index < -0.39 is 0 Å². The van der Waals surface area contributed by atoms with Crippen LogP contribution in [0.1, 0.15) is 27.8 Å². The molecule has 1 nitrogen and oxygen atoms in total. The van der Waals surface area contributed by atoms with E-state index in [1.165, 1.54) is 88.5 Å². The van der Waals surface area contributed by atoms with Gasteiger partial charge in [-0.1, -0.05) is 152 Å². The average Bonchev–Trinajstić information content (AvgIpc) is 3.80. The predicted octanol–water partition coefficient (Wildman–Crippen LogP) is 12.7. The summed E-state index contributed by atoms with van der Waals surface area (Å²) < 4.78 is 6.47. The number of hydrogen-bond donors (Lipinski definition) is 0. The third-order valence-corrected chi connectivity index (χ3v) is 11.2. The van der Waals surface area contributed by atoms with Gasteiger partial charge < -0.3 is 4.42 Å². The van der Waals surface area contributed by atoms with Gasteiger partial charge in [0.1, 0.15) is 11.2 Å². The average molecular weight is 623 g/mol. The number of rotatable bonds is 2. The Balaban J connectivity index is 1.12. The maximum absolute atomic E-state index is 6.47. The van der Waals surface area contributed by atoms with Crippen molar-refractivity contribution < 1.29 is 4.42 Å². The van der Waals surface area contributed by atoms with Crippen LogP contribution in [0.25, 0.3) is 77.2 Å². The summed E-state index contributed by atoms with van der Waals surface area (Å²) >= 11 is 0. The van der Waals surface area contributed by atoms with Crippen LogP contribution in [0, 0.1) is 6.92 Å². The van der Waals surface area contributed by atoms with Crippen molar-refractivity contribution in [2.45, 2.75) is 12.3 Å². The molecule has 2 aliphatic rings. The van der Waals surface area contributed by atoms with Gasteiger partial charge in [-0.3, -0.25) is 0 Å². The molecule has 1 aromatic heterocycles. The third-order valence-electron chi connectivity index (χ3n) is 11.2. The monoisotopic (exact) mass is 622 g/mol. The van der Waals surface area contributed by atoms with Crippen molar-refractivity contribution in [1.29, 1.82) is 0 Å². The minimum atomic E-state index is -0.338. The smallest absolute Gasteiger partial charge is 0.143 e. The lowest BCUT2D eigenvalue weighted by atomic mass is 9.70. The molecule has 0 amide bonds. The number of benzene rings is 8. The Morgan fingerprint density at radius 3 is 1.65 bits per heavy atom. The lowest BCUT2D eigenvalue weighted by Crippen LogP contribution is -2.25. The molecule has 1 heteroatoms. The molecule has 1 spiro atoms. The van der Waals surface area contributed by atoms with Crippen molar-refractivity contribution >= 4 is 32.7 Å². The zero-order valence-corrected chi connectivity index (χ0v) is 27.0. The van der Waals surface area contributed by atoms with E-state index in [9.17, 15) is 0 Å². The van der Waals surface area contributed by atoms with Gasteiger partial charge in [0.25, 0.3) is 0 Å². The van der Waals surface area contributed by atoms with E-state index in [1.807, 2.05) is 0 Å². The fourth-order valence-electron chi connectivity index (χ4n) is 9.28. The second-order valence-electron chi connectivity index (χ2n) is 13.6. The highest BCUT2D eigenvalue weighted by Crippen LogP contribution is 2.63. The molecule has 0 saturated carbocycles. The summed E-state index contributed by atoms with van der Waals surface area (Å²) in [6.07, 6.45) is 0. The van der Waals surface area contributed by atoms with Crippen LogP contribution in [0.2, 0.25) is 0 Å². The zero-order chi connectivity index (χ0) is 32.3. The normalized spacial score (nSPS) is 13.6. The maximum Gasteiger partial charge on any atom is 0.143 e. The summed E-state index contributed by atoms with van der Waals surface area (Å²) in [4.78, 5) is 0. The van der Waals surface area contributed by atoms with Crippen LogP contribution in [0.4, 0.5) is 0 Å². The molecule has 2 aliphatic carbocycles. The SMILES string of the molecule is Cc1cccc2oc3c4ccccc4c(-c4ccc(-c5cccc6c5-c5ccccc5C65c6ccccc6-c6ccccc65)cc4)cc3c12. The topological polar surface area (TPSA) is 13.1 Å². The molecule has 228 valence electrons. The molecule has 0 unspecified atom stereocenters. The number of fused-ring (bicyclic) bond motifs is 15. The second kappa shape index (κ2) is 9.69. The zero-order valence-electron chi connectivity index (χ0n) is 27.0. The van der Waals surface area contributed by atoms with Gasteiger partial charge in [-0.05, 0) is 96.8 Å². The summed E-state index contributed by atoms with van der Waals surface area (Å²) in [6, 6.07) is 60.5. The summed E-state index contributed by atoms with van der Waals surface area (Å²) in [5.41, 5.74) is 18.5. The predicted molar refractivity (Wildman–Crippen MR) is 203 cm³/mol.